The first-order chi connectivity index (χ1) is 10.5. The molecule has 0 spiro atoms. The molecule has 0 bridgehead atoms. The lowest BCUT2D eigenvalue weighted by Gasteiger charge is -2.29. The van der Waals surface area contributed by atoms with Gasteiger partial charge in [-0.3, -0.25) is 4.79 Å². The van der Waals surface area contributed by atoms with Crippen molar-refractivity contribution in [3.8, 4) is 0 Å². The van der Waals surface area contributed by atoms with Gasteiger partial charge in [0, 0.05) is 12.6 Å². The Morgan fingerprint density at radius 1 is 1.36 bits per heavy atom. The molecule has 1 aromatic rings. The summed E-state index contributed by atoms with van der Waals surface area (Å²) in [6, 6.07) is 0.347. The minimum absolute atomic E-state index is 0.107. The topological polar surface area (TPSA) is 66.9 Å². The van der Waals surface area contributed by atoms with Crippen LogP contribution in [0, 0.1) is 11.8 Å². The van der Waals surface area contributed by atoms with Gasteiger partial charge in [-0.25, -0.2) is 0 Å². The Labute approximate surface area is 141 Å². The number of thioether (sulfide) groups is 1. The van der Waals surface area contributed by atoms with Crippen molar-refractivity contribution in [2.24, 2.45) is 11.8 Å². The van der Waals surface area contributed by atoms with Crippen molar-refractivity contribution >= 4 is 34.1 Å². The number of anilines is 1. The standard InChI is InChI=1S/C15H26N4OS2/c1-10(2)8-16-14-18-19-15(22-14)21-9-13(20)17-12-7-5-4-6-11(12)3/h10-12H,4-9H2,1-3H3,(H,16,18)(H,17,20)/t11-,12+/m1/s1. The van der Waals surface area contributed by atoms with Crippen LogP contribution in [0.4, 0.5) is 5.13 Å². The molecule has 2 atom stereocenters. The molecular formula is C15H26N4OS2. The Morgan fingerprint density at radius 3 is 2.86 bits per heavy atom. The number of aromatic nitrogens is 2. The number of nitrogens with zero attached hydrogens (tertiary/aromatic N) is 2. The van der Waals surface area contributed by atoms with Crippen LogP contribution in [-0.2, 0) is 4.79 Å². The molecule has 1 aliphatic rings. The summed E-state index contributed by atoms with van der Waals surface area (Å²) >= 11 is 2.98. The summed E-state index contributed by atoms with van der Waals surface area (Å²) in [7, 11) is 0. The summed E-state index contributed by atoms with van der Waals surface area (Å²) in [6.07, 6.45) is 4.85. The fraction of sp³-hybridized carbons (Fsp3) is 0.800. The van der Waals surface area contributed by atoms with Gasteiger partial charge in [-0.2, -0.15) is 0 Å². The zero-order valence-electron chi connectivity index (χ0n) is 13.6. The van der Waals surface area contributed by atoms with Crippen LogP contribution < -0.4 is 10.6 Å². The normalized spacial score (nSPS) is 21.8. The molecule has 5 nitrogen and oxygen atoms in total. The van der Waals surface area contributed by atoms with Crippen LogP contribution in [0.25, 0.3) is 0 Å². The summed E-state index contributed by atoms with van der Waals surface area (Å²) in [5.41, 5.74) is 0. The fourth-order valence-corrected chi connectivity index (χ4v) is 4.11. The summed E-state index contributed by atoms with van der Waals surface area (Å²) in [5, 5.41) is 15.5. The SMILES string of the molecule is CC(C)CNc1nnc(SCC(=O)N[C@H]2CCCC[C@H]2C)s1. The summed E-state index contributed by atoms with van der Waals surface area (Å²) < 4.78 is 0.845. The Balaban J connectivity index is 1.71. The van der Waals surface area contributed by atoms with Crippen molar-refractivity contribution < 1.29 is 4.79 Å². The first-order valence-electron chi connectivity index (χ1n) is 8.04. The Hall–Kier alpha value is -0.820. The second kappa shape index (κ2) is 8.72. The van der Waals surface area contributed by atoms with Gasteiger partial charge in [-0.15, -0.1) is 10.2 Å². The highest BCUT2D eigenvalue weighted by Crippen LogP contribution is 2.26. The number of amides is 1. The van der Waals surface area contributed by atoms with Crippen LogP contribution in [0.5, 0.6) is 0 Å². The average Bonchev–Trinajstić information content (AvgIpc) is 2.93. The van der Waals surface area contributed by atoms with E-state index in [1.54, 1.807) is 0 Å². The molecule has 0 aromatic carbocycles. The van der Waals surface area contributed by atoms with E-state index in [4.69, 9.17) is 0 Å². The molecule has 1 saturated carbocycles. The van der Waals surface area contributed by atoms with E-state index < -0.39 is 0 Å². The van der Waals surface area contributed by atoms with Gasteiger partial charge in [0.1, 0.15) is 0 Å². The number of hydrogen-bond donors (Lipinski definition) is 2. The van der Waals surface area contributed by atoms with Crippen molar-refractivity contribution in [2.75, 3.05) is 17.6 Å². The monoisotopic (exact) mass is 342 g/mol. The minimum Gasteiger partial charge on any atom is -0.360 e. The van der Waals surface area contributed by atoms with E-state index in [9.17, 15) is 4.79 Å². The highest BCUT2D eigenvalue weighted by molar-refractivity contribution is 8.01. The third kappa shape index (κ3) is 5.76. The number of rotatable bonds is 7. The maximum absolute atomic E-state index is 12.1. The predicted molar refractivity (Wildman–Crippen MR) is 93.5 cm³/mol. The molecule has 22 heavy (non-hydrogen) atoms. The first kappa shape index (κ1) is 17.5. The highest BCUT2D eigenvalue weighted by atomic mass is 32.2. The zero-order chi connectivity index (χ0) is 15.9. The van der Waals surface area contributed by atoms with Crippen LogP contribution >= 0.6 is 23.1 Å². The van der Waals surface area contributed by atoms with Gasteiger partial charge in [0.05, 0.1) is 5.75 Å². The number of carbonyl (C=O) groups is 1. The highest BCUT2D eigenvalue weighted by Gasteiger charge is 2.22. The second-order valence-corrected chi connectivity index (χ2v) is 8.57. The third-order valence-electron chi connectivity index (χ3n) is 3.85. The Morgan fingerprint density at radius 2 is 2.14 bits per heavy atom. The van der Waals surface area contributed by atoms with Gasteiger partial charge in [0.25, 0.3) is 0 Å². The van der Waals surface area contributed by atoms with Gasteiger partial charge in [-0.05, 0) is 24.7 Å². The van der Waals surface area contributed by atoms with Crippen molar-refractivity contribution in [1.82, 2.24) is 15.5 Å². The minimum atomic E-state index is 0.107. The molecule has 0 radical (unpaired) electrons. The summed E-state index contributed by atoms with van der Waals surface area (Å²) in [6.45, 7) is 7.43. The van der Waals surface area contributed by atoms with Gasteiger partial charge in [-0.1, -0.05) is 56.7 Å². The van der Waals surface area contributed by atoms with E-state index in [1.807, 2.05) is 0 Å². The van der Waals surface area contributed by atoms with Gasteiger partial charge in [0.15, 0.2) is 4.34 Å². The molecule has 0 unspecified atom stereocenters. The van der Waals surface area contributed by atoms with E-state index in [1.165, 1.54) is 42.4 Å². The number of hydrogen-bond acceptors (Lipinski definition) is 6. The van der Waals surface area contributed by atoms with Crippen molar-refractivity contribution in [1.29, 1.82) is 0 Å². The first-order valence-corrected chi connectivity index (χ1v) is 9.84. The van der Waals surface area contributed by atoms with Crippen LogP contribution in [0.15, 0.2) is 4.34 Å². The van der Waals surface area contributed by atoms with Crippen LogP contribution in [0.2, 0.25) is 0 Å². The molecular weight excluding hydrogens is 316 g/mol. The lowest BCUT2D eigenvalue weighted by atomic mass is 9.86. The van der Waals surface area contributed by atoms with E-state index in [0.29, 0.717) is 23.6 Å². The maximum atomic E-state index is 12.1. The molecule has 1 aliphatic carbocycles. The molecule has 1 amide bonds. The quantitative estimate of drug-likeness (QED) is 0.744. The average molecular weight is 343 g/mol. The summed E-state index contributed by atoms with van der Waals surface area (Å²) in [5.74, 6) is 1.69. The van der Waals surface area contributed by atoms with Gasteiger partial charge >= 0.3 is 0 Å². The van der Waals surface area contributed by atoms with Crippen molar-refractivity contribution in [3.05, 3.63) is 0 Å². The molecule has 1 fully saturated rings. The molecule has 1 aromatic heterocycles. The van der Waals surface area contributed by atoms with E-state index in [0.717, 1.165) is 22.4 Å². The molecule has 0 aliphatic heterocycles. The van der Waals surface area contributed by atoms with Crippen molar-refractivity contribution in [2.45, 2.75) is 56.8 Å². The molecule has 2 N–H and O–H groups in total. The third-order valence-corrected chi connectivity index (χ3v) is 5.87. The molecule has 7 heteroatoms. The van der Waals surface area contributed by atoms with Crippen LogP contribution in [0.1, 0.15) is 46.5 Å². The second-order valence-electron chi connectivity index (χ2n) is 6.37. The van der Waals surface area contributed by atoms with Crippen LogP contribution in [-0.4, -0.2) is 34.4 Å². The maximum Gasteiger partial charge on any atom is 0.230 e. The van der Waals surface area contributed by atoms with Gasteiger partial charge < -0.3 is 10.6 Å². The fourth-order valence-electron chi connectivity index (χ4n) is 2.54. The van der Waals surface area contributed by atoms with Crippen LogP contribution in [0.3, 0.4) is 0 Å². The lowest BCUT2D eigenvalue weighted by Crippen LogP contribution is -2.41. The summed E-state index contributed by atoms with van der Waals surface area (Å²) in [4.78, 5) is 12.1. The molecule has 2 rings (SSSR count). The Kier molecular flexibility index (Phi) is 6.95. The van der Waals surface area contributed by atoms with Gasteiger partial charge in [0.2, 0.25) is 11.0 Å². The zero-order valence-corrected chi connectivity index (χ0v) is 15.2. The van der Waals surface area contributed by atoms with E-state index in [2.05, 4.69) is 41.6 Å². The lowest BCUT2D eigenvalue weighted by molar-refractivity contribution is -0.119. The van der Waals surface area contributed by atoms with E-state index in [-0.39, 0.29) is 5.91 Å². The van der Waals surface area contributed by atoms with E-state index >= 15 is 0 Å². The molecule has 0 saturated heterocycles. The molecule has 124 valence electrons. The largest absolute Gasteiger partial charge is 0.360 e. The van der Waals surface area contributed by atoms with Crippen molar-refractivity contribution in [3.63, 3.8) is 0 Å². The predicted octanol–water partition coefficient (Wildman–Crippen LogP) is 3.39. The Bertz CT molecular complexity index is 478. The number of nitrogens with one attached hydrogen (secondary N) is 2. The molecule has 1 heterocycles. The smallest absolute Gasteiger partial charge is 0.230 e. The number of carbonyl (C=O) groups excluding carboxylic acids is 1.